The molecule has 2 atom stereocenters. The molecule has 1 saturated carbocycles. The predicted octanol–water partition coefficient (Wildman–Crippen LogP) is 3.10. The molecule has 0 aromatic heterocycles. The van der Waals surface area contributed by atoms with E-state index in [0.717, 1.165) is 31.3 Å². The van der Waals surface area contributed by atoms with Crippen molar-refractivity contribution in [1.29, 1.82) is 5.26 Å². The van der Waals surface area contributed by atoms with Crippen molar-refractivity contribution in [2.45, 2.75) is 51.9 Å². The van der Waals surface area contributed by atoms with Crippen LogP contribution in [0.5, 0.6) is 0 Å². The highest BCUT2D eigenvalue weighted by molar-refractivity contribution is 4.72. The van der Waals surface area contributed by atoms with Gasteiger partial charge in [-0.1, -0.05) is 26.2 Å². The lowest BCUT2D eigenvalue weighted by atomic mass is 9.81. The zero-order valence-corrected chi connectivity index (χ0v) is 9.97. The van der Waals surface area contributed by atoms with E-state index in [-0.39, 0.29) is 0 Å². The first-order valence-electron chi connectivity index (χ1n) is 6.40. The topological polar surface area (TPSA) is 35.8 Å². The van der Waals surface area contributed by atoms with E-state index in [1.807, 2.05) is 0 Å². The molecule has 1 aliphatic rings. The van der Waals surface area contributed by atoms with E-state index in [4.69, 9.17) is 5.26 Å². The summed E-state index contributed by atoms with van der Waals surface area (Å²) < 4.78 is 0. The van der Waals surface area contributed by atoms with Crippen LogP contribution in [0.2, 0.25) is 0 Å². The van der Waals surface area contributed by atoms with Crippen LogP contribution in [0.1, 0.15) is 51.9 Å². The molecule has 0 saturated heterocycles. The molecule has 0 amide bonds. The van der Waals surface area contributed by atoms with E-state index in [9.17, 15) is 0 Å². The van der Waals surface area contributed by atoms with Gasteiger partial charge in [-0.15, -0.1) is 0 Å². The normalized spacial score (nSPS) is 26.1. The third kappa shape index (κ3) is 5.79. The quantitative estimate of drug-likeness (QED) is 0.681. The average molecular weight is 208 g/mol. The SMILES string of the molecule is CC1CCCC(CCNCCCC#N)C1. The molecule has 2 nitrogen and oxygen atoms in total. The molecule has 1 N–H and O–H groups in total. The highest BCUT2D eigenvalue weighted by Gasteiger charge is 2.17. The van der Waals surface area contributed by atoms with E-state index in [1.165, 1.54) is 32.1 Å². The minimum Gasteiger partial charge on any atom is -0.317 e. The number of unbranched alkanes of at least 4 members (excludes halogenated alkanes) is 1. The monoisotopic (exact) mass is 208 g/mol. The van der Waals surface area contributed by atoms with Crippen molar-refractivity contribution in [3.8, 4) is 6.07 Å². The van der Waals surface area contributed by atoms with E-state index < -0.39 is 0 Å². The van der Waals surface area contributed by atoms with Crippen LogP contribution < -0.4 is 5.32 Å². The largest absolute Gasteiger partial charge is 0.317 e. The summed E-state index contributed by atoms with van der Waals surface area (Å²) in [6, 6.07) is 2.17. The van der Waals surface area contributed by atoms with Crippen molar-refractivity contribution in [2.24, 2.45) is 11.8 Å². The van der Waals surface area contributed by atoms with E-state index in [0.29, 0.717) is 6.42 Å². The summed E-state index contributed by atoms with van der Waals surface area (Å²) in [6.07, 6.45) is 8.75. The fourth-order valence-electron chi connectivity index (χ4n) is 2.55. The maximum atomic E-state index is 8.38. The first kappa shape index (κ1) is 12.5. The highest BCUT2D eigenvalue weighted by atomic mass is 14.8. The molecule has 0 aliphatic heterocycles. The zero-order chi connectivity index (χ0) is 10.9. The van der Waals surface area contributed by atoms with Crippen molar-refractivity contribution in [2.75, 3.05) is 13.1 Å². The average Bonchev–Trinajstić information content (AvgIpc) is 2.23. The van der Waals surface area contributed by atoms with Gasteiger partial charge in [0.2, 0.25) is 0 Å². The number of hydrogen-bond donors (Lipinski definition) is 1. The first-order valence-corrected chi connectivity index (χ1v) is 6.40. The summed E-state index contributed by atoms with van der Waals surface area (Å²) in [5.74, 6) is 1.90. The molecule has 2 unspecified atom stereocenters. The predicted molar refractivity (Wildman–Crippen MR) is 63.5 cm³/mol. The zero-order valence-electron chi connectivity index (χ0n) is 9.97. The van der Waals surface area contributed by atoms with Crippen LogP contribution in [-0.2, 0) is 0 Å². The number of nitriles is 1. The van der Waals surface area contributed by atoms with Crippen molar-refractivity contribution in [3.05, 3.63) is 0 Å². The summed E-state index contributed by atoms with van der Waals surface area (Å²) in [5, 5.41) is 11.8. The van der Waals surface area contributed by atoms with Gasteiger partial charge in [0.15, 0.2) is 0 Å². The summed E-state index contributed by atoms with van der Waals surface area (Å²) in [4.78, 5) is 0. The van der Waals surface area contributed by atoms with Crippen molar-refractivity contribution in [1.82, 2.24) is 5.32 Å². The summed E-state index contributed by atoms with van der Waals surface area (Å²) in [7, 11) is 0. The van der Waals surface area contributed by atoms with Gasteiger partial charge in [-0.3, -0.25) is 0 Å². The molecule has 15 heavy (non-hydrogen) atoms. The molecular formula is C13H24N2. The van der Waals surface area contributed by atoms with Crippen molar-refractivity contribution < 1.29 is 0 Å². The lowest BCUT2D eigenvalue weighted by Gasteiger charge is -2.26. The van der Waals surface area contributed by atoms with Crippen LogP contribution in [-0.4, -0.2) is 13.1 Å². The van der Waals surface area contributed by atoms with Gasteiger partial charge in [0.25, 0.3) is 0 Å². The molecule has 86 valence electrons. The van der Waals surface area contributed by atoms with Gasteiger partial charge in [0.1, 0.15) is 0 Å². The lowest BCUT2D eigenvalue weighted by Crippen LogP contribution is -2.22. The second-order valence-electron chi connectivity index (χ2n) is 4.94. The second-order valence-corrected chi connectivity index (χ2v) is 4.94. The Morgan fingerprint density at radius 3 is 2.93 bits per heavy atom. The van der Waals surface area contributed by atoms with Gasteiger partial charge in [-0.2, -0.15) is 5.26 Å². The molecule has 1 fully saturated rings. The summed E-state index contributed by atoms with van der Waals surface area (Å²) in [5.41, 5.74) is 0. The molecule has 0 bridgehead atoms. The van der Waals surface area contributed by atoms with Gasteiger partial charge in [-0.25, -0.2) is 0 Å². The maximum Gasteiger partial charge on any atom is 0.0622 e. The van der Waals surface area contributed by atoms with E-state index >= 15 is 0 Å². The Hall–Kier alpha value is -0.550. The third-order valence-electron chi connectivity index (χ3n) is 3.42. The third-order valence-corrected chi connectivity index (χ3v) is 3.42. The molecule has 0 radical (unpaired) electrons. The van der Waals surface area contributed by atoms with Gasteiger partial charge < -0.3 is 5.32 Å². The van der Waals surface area contributed by atoms with Crippen LogP contribution in [0.15, 0.2) is 0 Å². The van der Waals surface area contributed by atoms with Crippen LogP contribution in [0, 0.1) is 23.2 Å². The Bertz CT molecular complexity index is 195. The Balaban J connectivity index is 1.93. The summed E-state index contributed by atoms with van der Waals surface area (Å²) in [6.45, 7) is 4.53. The van der Waals surface area contributed by atoms with Crippen LogP contribution in [0.25, 0.3) is 0 Å². The van der Waals surface area contributed by atoms with Gasteiger partial charge in [-0.05, 0) is 44.2 Å². The molecule has 1 aliphatic carbocycles. The maximum absolute atomic E-state index is 8.38. The lowest BCUT2D eigenvalue weighted by molar-refractivity contribution is 0.268. The summed E-state index contributed by atoms with van der Waals surface area (Å²) >= 11 is 0. The fraction of sp³-hybridized carbons (Fsp3) is 0.923. The molecule has 0 heterocycles. The van der Waals surface area contributed by atoms with E-state index in [2.05, 4.69) is 18.3 Å². The number of hydrogen-bond acceptors (Lipinski definition) is 2. The number of rotatable bonds is 6. The van der Waals surface area contributed by atoms with Crippen molar-refractivity contribution >= 4 is 0 Å². The molecule has 0 aromatic carbocycles. The smallest absolute Gasteiger partial charge is 0.0622 e. The Morgan fingerprint density at radius 2 is 2.20 bits per heavy atom. The van der Waals surface area contributed by atoms with Crippen molar-refractivity contribution in [3.63, 3.8) is 0 Å². The number of nitrogens with zero attached hydrogens (tertiary/aromatic N) is 1. The minimum absolute atomic E-state index is 0.688. The Morgan fingerprint density at radius 1 is 1.33 bits per heavy atom. The molecular weight excluding hydrogens is 184 g/mol. The second kappa shape index (κ2) is 7.70. The molecule has 0 aromatic rings. The Labute approximate surface area is 94.1 Å². The van der Waals surface area contributed by atoms with Crippen LogP contribution in [0.4, 0.5) is 0 Å². The minimum atomic E-state index is 0.688. The highest BCUT2D eigenvalue weighted by Crippen LogP contribution is 2.30. The van der Waals surface area contributed by atoms with Gasteiger partial charge in [0.05, 0.1) is 6.07 Å². The molecule has 2 heteroatoms. The molecule has 0 spiro atoms. The first-order chi connectivity index (χ1) is 7.33. The van der Waals surface area contributed by atoms with E-state index in [1.54, 1.807) is 0 Å². The van der Waals surface area contributed by atoms with Gasteiger partial charge >= 0.3 is 0 Å². The van der Waals surface area contributed by atoms with Crippen LogP contribution >= 0.6 is 0 Å². The Kier molecular flexibility index (Phi) is 6.43. The van der Waals surface area contributed by atoms with Crippen LogP contribution in [0.3, 0.4) is 0 Å². The standard InChI is InChI=1S/C13H24N2/c1-12-5-4-6-13(11-12)7-10-15-9-3-2-8-14/h12-13,15H,2-7,9-11H2,1H3. The number of nitrogens with one attached hydrogen (secondary N) is 1. The fourth-order valence-corrected chi connectivity index (χ4v) is 2.55. The molecule has 1 rings (SSSR count). The van der Waals surface area contributed by atoms with Gasteiger partial charge in [0, 0.05) is 6.42 Å².